The Hall–Kier alpha value is -1.95. The molecule has 1 aromatic carbocycles. The molecule has 0 amide bonds. The van der Waals surface area contributed by atoms with Gasteiger partial charge in [0.2, 0.25) is 0 Å². The van der Waals surface area contributed by atoms with Crippen molar-refractivity contribution in [1.29, 1.82) is 0 Å². The van der Waals surface area contributed by atoms with Crippen LogP contribution in [0.3, 0.4) is 0 Å². The van der Waals surface area contributed by atoms with Crippen LogP contribution in [0.15, 0.2) is 36.5 Å². The fourth-order valence-corrected chi connectivity index (χ4v) is 6.43. The summed E-state index contributed by atoms with van der Waals surface area (Å²) in [5, 5.41) is 3.87. The van der Waals surface area contributed by atoms with Gasteiger partial charge in [0.1, 0.15) is 0 Å². The Morgan fingerprint density at radius 1 is 1.03 bits per heavy atom. The highest BCUT2D eigenvalue weighted by Crippen LogP contribution is 2.43. The Bertz CT molecular complexity index is 925. The molecule has 2 fully saturated rings. The highest BCUT2D eigenvalue weighted by molar-refractivity contribution is 5.58. The molecule has 3 atom stereocenters. The molecule has 164 valence electrons. The van der Waals surface area contributed by atoms with Crippen molar-refractivity contribution in [3.8, 4) is 0 Å². The van der Waals surface area contributed by atoms with E-state index >= 15 is 0 Å². The maximum Gasteiger partial charge on any atom is 0.0642 e. The Balaban J connectivity index is 1.23. The molecule has 0 saturated carbocycles. The van der Waals surface area contributed by atoms with E-state index < -0.39 is 0 Å². The molecule has 4 heterocycles. The largest absolute Gasteiger partial charge is 0.378 e. The summed E-state index contributed by atoms with van der Waals surface area (Å²) in [7, 11) is 0. The molecule has 0 radical (unpaired) electrons. The zero-order valence-corrected chi connectivity index (χ0v) is 18.4. The number of hydrogen-bond acceptors (Lipinski definition) is 5. The summed E-state index contributed by atoms with van der Waals surface area (Å²) >= 11 is 0. The molecule has 31 heavy (non-hydrogen) atoms. The lowest BCUT2D eigenvalue weighted by atomic mass is 9.76. The molecular formula is C26H34N4O. The van der Waals surface area contributed by atoms with Crippen LogP contribution in [-0.2, 0) is 24.1 Å². The van der Waals surface area contributed by atoms with Gasteiger partial charge in [-0.3, -0.25) is 9.88 Å². The molecule has 1 aliphatic carbocycles. The summed E-state index contributed by atoms with van der Waals surface area (Å²) in [5.74, 6) is 0.774. The van der Waals surface area contributed by atoms with Crippen LogP contribution >= 0.6 is 0 Å². The number of likely N-dealkylation sites (tertiary alicyclic amines) is 1. The maximum atomic E-state index is 5.60. The SMILES string of the molecule is c1cnc2c(c1)CC[C@@H]1CCCN(C[C@H]3Cc4c(cccc4N4CCOCC4)CN3)[C@H]21. The second-order valence-corrected chi connectivity index (χ2v) is 9.72. The normalized spacial score (nSPS) is 28.5. The molecule has 0 unspecified atom stereocenters. The third kappa shape index (κ3) is 3.77. The standard InChI is InChI=1S/C26H34N4O/c1-4-21-17-28-22(16-23(21)24(7-1)29-12-14-31-15-13-29)18-30-11-3-6-20-9-8-19-5-2-10-27-25(19)26(20)30/h1-2,4-5,7,10,20,22,26,28H,3,6,8-9,11-18H2/t20-,22+,26-/m0/s1. The van der Waals surface area contributed by atoms with Gasteiger partial charge in [0.15, 0.2) is 0 Å². The van der Waals surface area contributed by atoms with Crippen LogP contribution in [0.25, 0.3) is 0 Å². The highest BCUT2D eigenvalue weighted by Gasteiger charge is 2.38. The van der Waals surface area contributed by atoms with Crippen LogP contribution in [0.5, 0.6) is 0 Å². The monoisotopic (exact) mass is 418 g/mol. The van der Waals surface area contributed by atoms with E-state index in [9.17, 15) is 0 Å². The predicted molar refractivity (Wildman–Crippen MR) is 123 cm³/mol. The Kier molecular flexibility index (Phi) is 5.43. The number of nitrogens with one attached hydrogen (secondary N) is 1. The number of aryl methyl sites for hydroxylation is 1. The first kappa shape index (κ1) is 19.7. The van der Waals surface area contributed by atoms with Crippen molar-refractivity contribution in [3.05, 3.63) is 58.9 Å². The molecule has 2 aromatic rings. The van der Waals surface area contributed by atoms with Gasteiger partial charge in [-0.05, 0) is 73.4 Å². The van der Waals surface area contributed by atoms with Crippen molar-refractivity contribution in [2.75, 3.05) is 44.3 Å². The molecule has 5 nitrogen and oxygen atoms in total. The van der Waals surface area contributed by atoms with E-state index in [0.717, 1.165) is 51.7 Å². The topological polar surface area (TPSA) is 40.6 Å². The van der Waals surface area contributed by atoms with E-state index in [-0.39, 0.29) is 0 Å². The second-order valence-electron chi connectivity index (χ2n) is 9.72. The van der Waals surface area contributed by atoms with E-state index in [2.05, 4.69) is 45.4 Å². The van der Waals surface area contributed by atoms with Gasteiger partial charge < -0.3 is 15.0 Å². The van der Waals surface area contributed by atoms with E-state index in [0.29, 0.717) is 12.1 Å². The first-order valence-corrected chi connectivity index (χ1v) is 12.2. The number of benzene rings is 1. The summed E-state index contributed by atoms with van der Waals surface area (Å²) in [6.45, 7) is 7.00. The number of aromatic nitrogens is 1. The van der Waals surface area contributed by atoms with Gasteiger partial charge in [-0.15, -0.1) is 0 Å². The summed E-state index contributed by atoms with van der Waals surface area (Å²) < 4.78 is 5.60. The van der Waals surface area contributed by atoms with Gasteiger partial charge in [-0.2, -0.15) is 0 Å². The minimum Gasteiger partial charge on any atom is -0.378 e. The molecule has 6 rings (SSSR count). The Morgan fingerprint density at radius 3 is 2.87 bits per heavy atom. The summed E-state index contributed by atoms with van der Waals surface area (Å²) in [5.41, 5.74) is 7.31. The quantitative estimate of drug-likeness (QED) is 0.828. The summed E-state index contributed by atoms with van der Waals surface area (Å²) in [4.78, 5) is 10.2. The van der Waals surface area contributed by atoms with Crippen LogP contribution < -0.4 is 10.2 Å². The number of fused-ring (bicyclic) bond motifs is 4. The Labute approximate surface area is 185 Å². The lowest BCUT2D eigenvalue weighted by Crippen LogP contribution is -2.50. The third-order valence-corrected chi connectivity index (χ3v) is 7.94. The average Bonchev–Trinajstić information content (AvgIpc) is 2.84. The van der Waals surface area contributed by atoms with Crippen molar-refractivity contribution >= 4 is 5.69 Å². The van der Waals surface area contributed by atoms with Gasteiger partial charge >= 0.3 is 0 Å². The lowest BCUT2D eigenvalue weighted by Gasteiger charge is -2.46. The molecule has 1 N–H and O–H groups in total. The molecule has 0 spiro atoms. The number of piperidine rings is 1. The van der Waals surface area contributed by atoms with Crippen LogP contribution in [-0.4, -0.2) is 55.3 Å². The van der Waals surface area contributed by atoms with Crippen molar-refractivity contribution in [2.24, 2.45) is 5.92 Å². The lowest BCUT2D eigenvalue weighted by molar-refractivity contribution is 0.0661. The van der Waals surface area contributed by atoms with E-state index in [1.54, 1.807) is 5.56 Å². The first-order chi connectivity index (χ1) is 15.4. The molecule has 1 aromatic heterocycles. The van der Waals surface area contributed by atoms with Gasteiger partial charge in [0.25, 0.3) is 0 Å². The van der Waals surface area contributed by atoms with Gasteiger partial charge in [-0.1, -0.05) is 18.2 Å². The fourth-order valence-electron chi connectivity index (χ4n) is 6.43. The number of hydrogen-bond donors (Lipinski definition) is 1. The van der Waals surface area contributed by atoms with Crippen molar-refractivity contribution < 1.29 is 4.74 Å². The smallest absolute Gasteiger partial charge is 0.0642 e. The van der Waals surface area contributed by atoms with Crippen LogP contribution in [0.2, 0.25) is 0 Å². The van der Waals surface area contributed by atoms with Crippen molar-refractivity contribution in [3.63, 3.8) is 0 Å². The summed E-state index contributed by atoms with van der Waals surface area (Å²) in [6.07, 6.45) is 8.33. The number of ether oxygens (including phenoxy) is 1. The van der Waals surface area contributed by atoms with E-state index in [1.807, 2.05) is 6.20 Å². The highest BCUT2D eigenvalue weighted by atomic mass is 16.5. The van der Waals surface area contributed by atoms with Gasteiger partial charge in [-0.25, -0.2) is 0 Å². The molecule has 0 bridgehead atoms. The number of rotatable bonds is 3. The number of anilines is 1. The molecule has 5 heteroatoms. The average molecular weight is 419 g/mol. The second kappa shape index (κ2) is 8.53. The molecular weight excluding hydrogens is 384 g/mol. The number of morpholine rings is 1. The van der Waals surface area contributed by atoms with Crippen LogP contribution in [0, 0.1) is 5.92 Å². The number of pyridine rings is 1. The fraction of sp³-hybridized carbons (Fsp3) is 0.577. The van der Waals surface area contributed by atoms with Crippen molar-refractivity contribution in [2.45, 2.75) is 50.7 Å². The van der Waals surface area contributed by atoms with Crippen LogP contribution in [0.1, 0.15) is 47.7 Å². The summed E-state index contributed by atoms with van der Waals surface area (Å²) in [6, 6.07) is 12.3. The van der Waals surface area contributed by atoms with Gasteiger partial charge in [0.05, 0.1) is 24.9 Å². The number of nitrogens with zero attached hydrogens (tertiary/aromatic N) is 3. The zero-order valence-electron chi connectivity index (χ0n) is 18.4. The minimum atomic E-state index is 0.502. The molecule has 4 aliphatic rings. The predicted octanol–water partition coefficient (Wildman–Crippen LogP) is 3.33. The maximum absolute atomic E-state index is 5.60. The van der Waals surface area contributed by atoms with Crippen LogP contribution in [0.4, 0.5) is 5.69 Å². The van der Waals surface area contributed by atoms with E-state index in [4.69, 9.17) is 9.72 Å². The van der Waals surface area contributed by atoms with Gasteiger partial charge in [0, 0.05) is 44.1 Å². The minimum absolute atomic E-state index is 0.502. The zero-order chi connectivity index (χ0) is 20.6. The third-order valence-electron chi connectivity index (χ3n) is 7.94. The first-order valence-electron chi connectivity index (χ1n) is 12.2. The Morgan fingerprint density at radius 2 is 1.94 bits per heavy atom. The van der Waals surface area contributed by atoms with Crippen molar-refractivity contribution in [1.82, 2.24) is 15.2 Å². The molecule has 2 saturated heterocycles. The molecule has 3 aliphatic heterocycles. The van der Waals surface area contributed by atoms with E-state index in [1.165, 1.54) is 54.7 Å².